The van der Waals surface area contributed by atoms with E-state index in [1.165, 1.54) is 0 Å². The zero-order valence-electron chi connectivity index (χ0n) is 18.7. The average Bonchev–Trinajstić information content (AvgIpc) is 3.10. The fourth-order valence-electron chi connectivity index (χ4n) is 4.23. The minimum Gasteiger partial charge on any atom is -0.477 e. The molecule has 0 saturated carbocycles. The van der Waals surface area contributed by atoms with Gasteiger partial charge in [0.25, 0.3) is 0 Å². The average molecular weight is 480 g/mol. The van der Waals surface area contributed by atoms with Crippen molar-refractivity contribution in [2.24, 2.45) is 0 Å². The van der Waals surface area contributed by atoms with Crippen molar-refractivity contribution in [1.29, 1.82) is 0 Å². The van der Waals surface area contributed by atoms with Crippen LogP contribution in [0.4, 0.5) is 19.3 Å². The lowest BCUT2D eigenvalue weighted by Crippen LogP contribution is -2.36. The summed E-state index contributed by atoms with van der Waals surface area (Å²) in [6.07, 6.45) is -0.899. The SMILES string of the molecule is C[C@H](CC(=O)Nc1cc(F)c(C(=O)O)c(F)c1)NC(=O)OCC1c2ccccc2-c2ccccc21. The fourth-order valence-corrected chi connectivity index (χ4v) is 4.23. The van der Waals surface area contributed by atoms with Gasteiger partial charge in [-0.1, -0.05) is 48.5 Å². The lowest BCUT2D eigenvalue weighted by Gasteiger charge is -2.17. The van der Waals surface area contributed by atoms with Gasteiger partial charge in [-0.05, 0) is 41.3 Å². The van der Waals surface area contributed by atoms with Gasteiger partial charge in [-0.15, -0.1) is 0 Å². The van der Waals surface area contributed by atoms with Crippen LogP contribution in [0.1, 0.15) is 40.7 Å². The number of amides is 2. The Morgan fingerprint density at radius 1 is 0.971 bits per heavy atom. The van der Waals surface area contributed by atoms with E-state index in [-0.39, 0.29) is 24.6 Å². The molecule has 3 aromatic carbocycles. The summed E-state index contributed by atoms with van der Waals surface area (Å²) in [7, 11) is 0. The monoisotopic (exact) mass is 480 g/mol. The van der Waals surface area contributed by atoms with Crippen LogP contribution in [-0.4, -0.2) is 35.7 Å². The topological polar surface area (TPSA) is 105 Å². The van der Waals surface area contributed by atoms with Gasteiger partial charge in [-0.3, -0.25) is 4.79 Å². The second-order valence-electron chi connectivity index (χ2n) is 8.24. The second kappa shape index (κ2) is 9.92. The number of nitrogens with one attached hydrogen (secondary N) is 2. The van der Waals surface area contributed by atoms with Crippen molar-refractivity contribution in [2.45, 2.75) is 25.3 Å². The fraction of sp³-hybridized carbons (Fsp3) is 0.192. The Bertz CT molecular complexity index is 1240. The number of hydrogen-bond donors (Lipinski definition) is 3. The van der Waals surface area contributed by atoms with Gasteiger partial charge in [0.15, 0.2) is 0 Å². The van der Waals surface area contributed by atoms with Crippen molar-refractivity contribution >= 4 is 23.7 Å². The summed E-state index contributed by atoms with van der Waals surface area (Å²) in [5, 5.41) is 13.7. The van der Waals surface area contributed by atoms with Crippen LogP contribution in [0, 0.1) is 11.6 Å². The number of benzene rings is 3. The zero-order chi connectivity index (χ0) is 25.1. The molecule has 1 aliphatic carbocycles. The molecule has 3 N–H and O–H groups in total. The quantitative estimate of drug-likeness (QED) is 0.445. The van der Waals surface area contributed by atoms with E-state index in [4.69, 9.17) is 9.84 Å². The Kier molecular flexibility index (Phi) is 6.77. The molecule has 7 nitrogen and oxygen atoms in total. The van der Waals surface area contributed by atoms with Crippen molar-refractivity contribution < 1.29 is 33.0 Å². The van der Waals surface area contributed by atoms with Crippen LogP contribution in [0.15, 0.2) is 60.7 Å². The first kappa shape index (κ1) is 23.9. The summed E-state index contributed by atoms with van der Waals surface area (Å²) in [4.78, 5) is 35.4. The summed E-state index contributed by atoms with van der Waals surface area (Å²) < 4.78 is 33.0. The minimum atomic E-state index is -1.75. The van der Waals surface area contributed by atoms with E-state index < -0.39 is 41.2 Å². The van der Waals surface area contributed by atoms with Gasteiger partial charge in [0.05, 0.1) is 0 Å². The molecule has 0 unspecified atom stereocenters. The summed E-state index contributed by atoms with van der Waals surface area (Å²) in [6, 6.07) is 16.6. The highest BCUT2D eigenvalue weighted by Crippen LogP contribution is 2.44. The number of ether oxygens (including phenoxy) is 1. The molecule has 0 spiro atoms. The number of halogens is 2. The molecule has 0 aromatic heterocycles. The van der Waals surface area contributed by atoms with E-state index in [1.807, 2.05) is 48.5 Å². The van der Waals surface area contributed by atoms with Crippen LogP contribution < -0.4 is 10.6 Å². The molecule has 0 bridgehead atoms. The Morgan fingerprint density at radius 2 is 1.51 bits per heavy atom. The number of alkyl carbamates (subject to hydrolysis) is 1. The first-order chi connectivity index (χ1) is 16.7. The van der Waals surface area contributed by atoms with Crippen LogP contribution in [0.3, 0.4) is 0 Å². The molecular formula is C26H22F2N2O5. The lowest BCUT2D eigenvalue weighted by molar-refractivity contribution is -0.116. The number of rotatable bonds is 7. The predicted molar refractivity (Wildman–Crippen MR) is 124 cm³/mol. The molecule has 2 amide bonds. The molecule has 35 heavy (non-hydrogen) atoms. The number of anilines is 1. The lowest BCUT2D eigenvalue weighted by atomic mass is 9.98. The van der Waals surface area contributed by atoms with Gasteiger partial charge in [-0.25, -0.2) is 18.4 Å². The third-order valence-corrected chi connectivity index (χ3v) is 5.74. The largest absolute Gasteiger partial charge is 0.477 e. The first-order valence-corrected chi connectivity index (χ1v) is 10.9. The van der Waals surface area contributed by atoms with Crippen molar-refractivity contribution in [3.8, 4) is 11.1 Å². The summed E-state index contributed by atoms with van der Waals surface area (Å²) in [5.41, 5.74) is 3.01. The van der Waals surface area contributed by atoms with Gasteiger partial charge in [-0.2, -0.15) is 0 Å². The van der Waals surface area contributed by atoms with Crippen LogP contribution in [0.2, 0.25) is 0 Å². The van der Waals surface area contributed by atoms with Gasteiger partial charge in [0.1, 0.15) is 23.8 Å². The number of carboxylic acids is 1. The Hall–Kier alpha value is -4.27. The van der Waals surface area contributed by atoms with E-state index in [1.54, 1.807) is 6.92 Å². The standard InChI is InChI=1S/C26H22F2N2O5/c1-14(10-23(31)30-15-11-21(27)24(25(32)33)22(28)12-15)29-26(34)35-13-20-18-8-4-2-6-16(18)17-7-3-5-9-19(17)20/h2-9,11-12,14,20H,10,13H2,1H3,(H,29,34)(H,30,31)(H,32,33)/t14-/m1/s1. The van der Waals surface area contributed by atoms with Crippen LogP contribution in [0.5, 0.6) is 0 Å². The number of hydrogen-bond acceptors (Lipinski definition) is 4. The predicted octanol–water partition coefficient (Wildman–Crippen LogP) is 4.92. The van der Waals surface area contributed by atoms with Crippen molar-refractivity contribution in [1.82, 2.24) is 5.32 Å². The number of carboxylic acid groups (broad SMARTS) is 1. The maximum atomic E-state index is 13.8. The third-order valence-electron chi connectivity index (χ3n) is 5.74. The highest BCUT2D eigenvalue weighted by Gasteiger charge is 2.29. The van der Waals surface area contributed by atoms with Gasteiger partial charge in [0, 0.05) is 24.1 Å². The first-order valence-electron chi connectivity index (χ1n) is 10.9. The molecule has 0 heterocycles. The highest BCUT2D eigenvalue weighted by atomic mass is 19.1. The maximum Gasteiger partial charge on any atom is 0.407 e. The molecular weight excluding hydrogens is 458 g/mol. The molecule has 0 radical (unpaired) electrons. The Morgan fingerprint density at radius 3 is 2.06 bits per heavy atom. The zero-order valence-corrected chi connectivity index (χ0v) is 18.7. The highest BCUT2D eigenvalue weighted by molar-refractivity contribution is 5.93. The second-order valence-corrected chi connectivity index (χ2v) is 8.24. The van der Waals surface area contributed by atoms with Gasteiger partial charge >= 0.3 is 12.1 Å². The number of carbonyl (C=O) groups is 3. The van der Waals surface area contributed by atoms with Gasteiger partial charge in [0.2, 0.25) is 5.91 Å². The van der Waals surface area contributed by atoms with E-state index in [0.717, 1.165) is 22.3 Å². The Labute approximate surface area is 199 Å². The van der Waals surface area contributed by atoms with Crippen LogP contribution >= 0.6 is 0 Å². The molecule has 180 valence electrons. The molecule has 9 heteroatoms. The normalized spacial score (nSPS) is 12.9. The molecule has 3 aromatic rings. The van der Waals surface area contributed by atoms with E-state index in [9.17, 15) is 23.2 Å². The van der Waals surface area contributed by atoms with Crippen molar-refractivity contribution in [3.05, 3.63) is 89.0 Å². The third kappa shape index (κ3) is 5.13. The molecule has 4 rings (SSSR count). The summed E-state index contributed by atoms with van der Waals surface area (Å²) in [5.74, 6) is -5.10. The van der Waals surface area contributed by atoms with Crippen LogP contribution in [-0.2, 0) is 9.53 Å². The maximum absolute atomic E-state index is 13.8. The van der Waals surface area contributed by atoms with E-state index in [2.05, 4.69) is 10.6 Å². The molecule has 1 aliphatic rings. The molecule has 1 atom stereocenters. The van der Waals surface area contributed by atoms with Crippen LogP contribution in [0.25, 0.3) is 11.1 Å². The van der Waals surface area contributed by atoms with E-state index >= 15 is 0 Å². The number of carbonyl (C=O) groups excluding carboxylic acids is 2. The molecule has 0 aliphatic heterocycles. The summed E-state index contributed by atoms with van der Waals surface area (Å²) >= 11 is 0. The van der Waals surface area contributed by atoms with Gasteiger partial charge < -0.3 is 20.5 Å². The Balaban J connectivity index is 1.31. The minimum absolute atomic E-state index is 0.106. The number of fused-ring (bicyclic) bond motifs is 3. The smallest absolute Gasteiger partial charge is 0.407 e. The number of aromatic carboxylic acids is 1. The van der Waals surface area contributed by atoms with Crippen molar-refractivity contribution in [3.63, 3.8) is 0 Å². The van der Waals surface area contributed by atoms with Crippen molar-refractivity contribution in [2.75, 3.05) is 11.9 Å². The molecule has 0 fully saturated rings. The molecule has 0 saturated heterocycles. The summed E-state index contributed by atoms with van der Waals surface area (Å²) in [6.45, 7) is 1.70. The van der Waals surface area contributed by atoms with E-state index in [0.29, 0.717) is 12.1 Å².